The fourth-order valence-corrected chi connectivity index (χ4v) is 3.43. The van der Waals surface area contributed by atoms with Crippen LogP contribution in [0.1, 0.15) is 38.3 Å². The Morgan fingerprint density at radius 3 is 2.53 bits per heavy atom. The molecule has 0 saturated carbocycles. The quantitative estimate of drug-likeness (QED) is 0.807. The van der Waals surface area contributed by atoms with Crippen molar-refractivity contribution < 1.29 is 8.42 Å². The molecule has 0 amide bonds. The maximum absolute atomic E-state index is 12.3. The summed E-state index contributed by atoms with van der Waals surface area (Å²) >= 11 is 0. The molecule has 108 valence electrons. The third-order valence-electron chi connectivity index (χ3n) is 3.22. The van der Waals surface area contributed by atoms with Crippen LogP contribution in [0.5, 0.6) is 0 Å². The lowest BCUT2D eigenvalue weighted by Gasteiger charge is -2.15. The van der Waals surface area contributed by atoms with Gasteiger partial charge in [0.25, 0.3) is 0 Å². The molecule has 0 aromatic heterocycles. The lowest BCUT2D eigenvalue weighted by atomic mass is 10.1. The Morgan fingerprint density at radius 2 is 1.95 bits per heavy atom. The maximum atomic E-state index is 12.3. The Morgan fingerprint density at radius 1 is 1.26 bits per heavy atom. The molecule has 1 rings (SSSR count). The molecule has 1 atom stereocenters. The van der Waals surface area contributed by atoms with Crippen molar-refractivity contribution >= 4 is 10.0 Å². The van der Waals surface area contributed by atoms with Gasteiger partial charge in [-0.05, 0) is 44.0 Å². The Balaban J connectivity index is 3.06. The van der Waals surface area contributed by atoms with Crippen LogP contribution in [-0.4, -0.2) is 21.0 Å². The summed E-state index contributed by atoms with van der Waals surface area (Å²) in [5.41, 5.74) is 1.84. The lowest BCUT2D eigenvalue weighted by molar-refractivity contribution is 0.555. The highest BCUT2D eigenvalue weighted by Gasteiger charge is 2.19. The molecule has 2 N–H and O–H groups in total. The van der Waals surface area contributed by atoms with E-state index < -0.39 is 10.0 Å². The molecule has 1 aromatic rings. The predicted molar refractivity (Wildman–Crippen MR) is 78.6 cm³/mol. The van der Waals surface area contributed by atoms with Crippen LogP contribution < -0.4 is 10.0 Å². The Labute approximate surface area is 116 Å². The van der Waals surface area contributed by atoms with Crippen molar-refractivity contribution in [2.24, 2.45) is 0 Å². The fraction of sp³-hybridized carbons (Fsp3) is 0.571. The van der Waals surface area contributed by atoms with E-state index in [4.69, 9.17) is 0 Å². The van der Waals surface area contributed by atoms with Crippen molar-refractivity contribution in [2.75, 3.05) is 6.54 Å². The summed E-state index contributed by atoms with van der Waals surface area (Å²) in [5, 5.41) is 3.22. The summed E-state index contributed by atoms with van der Waals surface area (Å²) in [7, 11) is -3.43. The van der Waals surface area contributed by atoms with Gasteiger partial charge in [0.1, 0.15) is 0 Å². The summed E-state index contributed by atoms with van der Waals surface area (Å²) in [6.07, 6.45) is 0.773. The van der Waals surface area contributed by atoms with E-state index in [1.807, 2.05) is 33.8 Å². The summed E-state index contributed by atoms with van der Waals surface area (Å²) < 4.78 is 27.3. The molecule has 19 heavy (non-hydrogen) atoms. The van der Waals surface area contributed by atoms with Crippen LogP contribution in [0.3, 0.4) is 0 Å². The minimum Gasteiger partial charge on any atom is -0.313 e. The maximum Gasteiger partial charge on any atom is 0.241 e. The van der Waals surface area contributed by atoms with Gasteiger partial charge in [-0.2, -0.15) is 0 Å². The summed E-state index contributed by atoms with van der Waals surface area (Å²) in [5.74, 6) is 0. The second kappa shape index (κ2) is 7.03. The summed E-state index contributed by atoms with van der Waals surface area (Å²) in [6, 6.07) is 5.36. The molecule has 0 spiro atoms. The molecule has 0 saturated heterocycles. The van der Waals surface area contributed by atoms with Crippen molar-refractivity contribution in [2.45, 2.75) is 51.6 Å². The number of hydrogen-bond donors (Lipinski definition) is 2. The first-order valence-electron chi connectivity index (χ1n) is 6.73. The Kier molecular flexibility index (Phi) is 5.97. The second-order valence-corrected chi connectivity index (χ2v) is 6.43. The zero-order chi connectivity index (χ0) is 14.5. The smallest absolute Gasteiger partial charge is 0.241 e. The monoisotopic (exact) mass is 284 g/mol. The first-order valence-corrected chi connectivity index (χ1v) is 8.22. The van der Waals surface area contributed by atoms with Crippen LogP contribution in [0.2, 0.25) is 0 Å². The van der Waals surface area contributed by atoms with Crippen LogP contribution >= 0.6 is 0 Å². The van der Waals surface area contributed by atoms with E-state index >= 15 is 0 Å². The molecular formula is C14H24N2O2S. The van der Waals surface area contributed by atoms with E-state index in [0.29, 0.717) is 11.4 Å². The molecule has 1 unspecified atom stereocenters. The van der Waals surface area contributed by atoms with Gasteiger partial charge in [-0.1, -0.05) is 26.0 Å². The first-order chi connectivity index (χ1) is 8.92. The molecule has 0 heterocycles. The largest absolute Gasteiger partial charge is 0.313 e. The number of hydrogen-bond acceptors (Lipinski definition) is 3. The zero-order valence-electron chi connectivity index (χ0n) is 12.2. The zero-order valence-corrected chi connectivity index (χ0v) is 13.0. The second-order valence-electron chi connectivity index (χ2n) is 4.75. The number of benzene rings is 1. The first kappa shape index (κ1) is 16.1. The minimum atomic E-state index is -3.43. The van der Waals surface area contributed by atoms with Gasteiger partial charge in [0.15, 0.2) is 0 Å². The van der Waals surface area contributed by atoms with Gasteiger partial charge in [0.2, 0.25) is 10.0 Å². The highest BCUT2D eigenvalue weighted by Crippen LogP contribution is 2.19. The third kappa shape index (κ3) is 4.30. The van der Waals surface area contributed by atoms with Crippen LogP contribution in [0.15, 0.2) is 23.1 Å². The molecule has 0 fully saturated rings. The highest BCUT2D eigenvalue weighted by molar-refractivity contribution is 7.89. The van der Waals surface area contributed by atoms with Gasteiger partial charge in [0, 0.05) is 12.6 Å². The molecule has 4 nitrogen and oxygen atoms in total. The highest BCUT2D eigenvalue weighted by atomic mass is 32.2. The molecule has 0 radical (unpaired) electrons. The van der Waals surface area contributed by atoms with Crippen molar-refractivity contribution in [1.82, 2.24) is 10.0 Å². The van der Waals surface area contributed by atoms with Crippen LogP contribution in [-0.2, 0) is 16.6 Å². The average Bonchev–Trinajstić information content (AvgIpc) is 2.36. The molecule has 0 aliphatic rings. The predicted octanol–water partition coefficient (Wildman–Crippen LogP) is 2.18. The Bertz CT molecular complexity index is 512. The molecule has 5 heteroatoms. The minimum absolute atomic E-state index is 0.0539. The topological polar surface area (TPSA) is 58.2 Å². The van der Waals surface area contributed by atoms with Crippen molar-refractivity contribution in [3.8, 4) is 0 Å². The molecule has 0 aliphatic carbocycles. The van der Waals surface area contributed by atoms with Gasteiger partial charge in [-0.15, -0.1) is 0 Å². The molecule has 1 aromatic carbocycles. The molecule has 0 aliphatic heterocycles. The van der Waals surface area contributed by atoms with Crippen molar-refractivity contribution in [1.29, 1.82) is 0 Å². The van der Waals surface area contributed by atoms with Gasteiger partial charge < -0.3 is 5.32 Å². The fourth-order valence-electron chi connectivity index (χ4n) is 1.81. The van der Waals surface area contributed by atoms with Gasteiger partial charge in [0.05, 0.1) is 4.90 Å². The van der Waals surface area contributed by atoms with Crippen molar-refractivity contribution in [3.05, 3.63) is 29.3 Å². The summed E-state index contributed by atoms with van der Waals surface area (Å²) in [4.78, 5) is 0.378. The number of rotatable bonds is 7. The SMILES string of the molecule is CCNCc1cccc(S(=O)(=O)NC(C)CC)c1C. The standard InChI is InChI=1S/C14H24N2O2S/c1-5-11(3)16-19(17,18)14-9-7-8-13(12(14)4)10-15-6-2/h7-9,11,15-16H,5-6,10H2,1-4H3. The van der Waals surface area contributed by atoms with E-state index in [-0.39, 0.29) is 6.04 Å². The average molecular weight is 284 g/mol. The van der Waals surface area contributed by atoms with E-state index in [1.165, 1.54) is 0 Å². The molecule has 0 bridgehead atoms. The lowest BCUT2D eigenvalue weighted by Crippen LogP contribution is -2.32. The van der Waals surface area contributed by atoms with Crippen molar-refractivity contribution in [3.63, 3.8) is 0 Å². The Hall–Kier alpha value is -0.910. The van der Waals surface area contributed by atoms with Gasteiger partial charge in [-0.3, -0.25) is 0 Å². The van der Waals surface area contributed by atoms with Gasteiger partial charge in [-0.25, -0.2) is 13.1 Å². The van der Waals surface area contributed by atoms with Gasteiger partial charge >= 0.3 is 0 Å². The van der Waals surface area contributed by atoms with E-state index in [1.54, 1.807) is 12.1 Å². The summed E-state index contributed by atoms with van der Waals surface area (Å²) in [6.45, 7) is 9.27. The number of nitrogens with one attached hydrogen (secondary N) is 2. The van der Waals surface area contributed by atoms with Crippen LogP contribution in [0.25, 0.3) is 0 Å². The van der Waals surface area contributed by atoms with E-state index in [0.717, 1.165) is 24.1 Å². The van der Waals surface area contributed by atoms with Crippen LogP contribution in [0, 0.1) is 6.92 Å². The van der Waals surface area contributed by atoms with Crippen LogP contribution in [0.4, 0.5) is 0 Å². The van der Waals surface area contributed by atoms with E-state index in [9.17, 15) is 8.42 Å². The normalized spacial score (nSPS) is 13.5. The van der Waals surface area contributed by atoms with E-state index in [2.05, 4.69) is 10.0 Å². The third-order valence-corrected chi connectivity index (χ3v) is 4.95. The number of sulfonamides is 1. The molecular weight excluding hydrogens is 260 g/mol.